The van der Waals surface area contributed by atoms with E-state index >= 15 is 0 Å². The van der Waals surface area contributed by atoms with Gasteiger partial charge in [-0.1, -0.05) is 12.1 Å². The quantitative estimate of drug-likeness (QED) is 0.873. The van der Waals surface area contributed by atoms with Crippen molar-refractivity contribution in [3.8, 4) is 0 Å². The summed E-state index contributed by atoms with van der Waals surface area (Å²) in [6.07, 6.45) is -0.442. The molecule has 1 aliphatic heterocycles. The Hall–Kier alpha value is -1.59. The molecule has 0 aromatic heterocycles. The number of rotatable bonds is 2. The number of nitrogens with one attached hydrogen (secondary N) is 2. The summed E-state index contributed by atoms with van der Waals surface area (Å²) in [5.41, 5.74) is 1.32. The van der Waals surface area contributed by atoms with Crippen LogP contribution in [0.4, 0.5) is 10.5 Å². The summed E-state index contributed by atoms with van der Waals surface area (Å²) in [5, 5.41) is 6.13. The van der Waals surface area contributed by atoms with E-state index in [2.05, 4.69) is 10.6 Å². The van der Waals surface area contributed by atoms with Gasteiger partial charge in [-0.2, -0.15) is 0 Å². The molecule has 0 saturated carbocycles. The Morgan fingerprint density at radius 3 is 2.90 bits per heavy atom. The predicted octanol–water partition coefficient (Wildman–Crippen LogP) is 2.69. The average Bonchev–Trinajstić information content (AvgIpc) is 2.38. The number of amides is 1. The first-order chi connectivity index (χ1) is 9.44. The van der Waals surface area contributed by atoms with Crippen LogP contribution in [0.5, 0.6) is 0 Å². The minimum Gasteiger partial charge on any atom is -0.444 e. The number of carbonyl (C=O) groups is 1. The van der Waals surface area contributed by atoms with Gasteiger partial charge in [0.05, 0.1) is 19.3 Å². The fourth-order valence-electron chi connectivity index (χ4n) is 2.03. The zero-order valence-electron chi connectivity index (χ0n) is 12.2. The van der Waals surface area contributed by atoms with Crippen molar-refractivity contribution < 1.29 is 14.3 Å². The minimum atomic E-state index is -0.500. The van der Waals surface area contributed by atoms with Gasteiger partial charge >= 0.3 is 6.09 Å². The van der Waals surface area contributed by atoms with Crippen molar-refractivity contribution in [1.29, 1.82) is 0 Å². The van der Waals surface area contributed by atoms with Gasteiger partial charge in [-0.3, -0.25) is 5.32 Å². The van der Waals surface area contributed by atoms with Gasteiger partial charge < -0.3 is 14.8 Å². The van der Waals surface area contributed by atoms with Gasteiger partial charge in [0, 0.05) is 12.2 Å². The van der Waals surface area contributed by atoms with Gasteiger partial charge in [-0.05, 0) is 38.5 Å². The Morgan fingerprint density at radius 2 is 2.25 bits per heavy atom. The van der Waals surface area contributed by atoms with Crippen LogP contribution < -0.4 is 10.6 Å². The van der Waals surface area contributed by atoms with Gasteiger partial charge in [0.15, 0.2) is 0 Å². The molecule has 5 heteroatoms. The van der Waals surface area contributed by atoms with E-state index in [0.717, 1.165) is 24.4 Å². The topological polar surface area (TPSA) is 59.6 Å². The molecule has 2 rings (SSSR count). The third-order valence-electron chi connectivity index (χ3n) is 2.86. The van der Waals surface area contributed by atoms with Gasteiger partial charge in [-0.15, -0.1) is 0 Å². The van der Waals surface area contributed by atoms with E-state index in [4.69, 9.17) is 9.47 Å². The molecular weight excluding hydrogens is 256 g/mol. The summed E-state index contributed by atoms with van der Waals surface area (Å²) in [5.74, 6) is 0. The maximum atomic E-state index is 11.7. The van der Waals surface area contributed by atoms with E-state index in [0.29, 0.717) is 6.61 Å². The van der Waals surface area contributed by atoms with Crippen LogP contribution in [0.25, 0.3) is 0 Å². The lowest BCUT2D eigenvalue weighted by atomic mass is 10.1. The Labute approximate surface area is 119 Å². The lowest BCUT2D eigenvalue weighted by Crippen LogP contribution is -2.34. The van der Waals surface area contributed by atoms with Gasteiger partial charge in [0.1, 0.15) is 5.60 Å². The van der Waals surface area contributed by atoms with E-state index in [1.807, 2.05) is 45.0 Å². The SMILES string of the molecule is CC(C)(C)OC(=O)Nc1cccc([C@H]2COCCN2)c1. The number of hydrogen-bond acceptors (Lipinski definition) is 4. The van der Waals surface area contributed by atoms with Crippen molar-refractivity contribution in [2.75, 3.05) is 25.1 Å². The van der Waals surface area contributed by atoms with Gasteiger partial charge in [0.2, 0.25) is 0 Å². The average molecular weight is 278 g/mol. The number of ether oxygens (including phenoxy) is 2. The fourth-order valence-corrected chi connectivity index (χ4v) is 2.03. The van der Waals surface area contributed by atoms with Crippen molar-refractivity contribution in [3.05, 3.63) is 29.8 Å². The summed E-state index contributed by atoms with van der Waals surface area (Å²) in [6.45, 7) is 7.75. The van der Waals surface area contributed by atoms with E-state index in [-0.39, 0.29) is 6.04 Å². The molecule has 1 aromatic carbocycles. The summed E-state index contributed by atoms with van der Waals surface area (Å²) in [7, 11) is 0. The van der Waals surface area contributed by atoms with Gasteiger partial charge in [0.25, 0.3) is 0 Å². The second-order valence-electron chi connectivity index (χ2n) is 5.83. The third kappa shape index (κ3) is 4.51. The number of morpholine rings is 1. The zero-order chi connectivity index (χ0) is 14.6. The molecule has 2 N–H and O–H groups in total. The van der Waals surface area contributed by atoms with E-state index in [1.54, 1.807) is 0 Å². The number of anilines is 1. The highest BCUT2D eigenvalue weighted by Crippen LogP contribution is 2.20. The highest BCUT2D eigenvalue weighted by Gasteiger charge is 2.18. The molecule has 0 aliphatic carbocycles. The Bertz CT molecular complexity index is 462. The van der Waals surface area contributed by atoms with Crippen LogP contribution in [0, 0.1) is 0 Å². The van der Waals surface area contributed by atoms with Crippen LogP contribution in [0.1, 0.15) is 32.4 Å². The van der Waals surface area contributed by atoms with Crippen LogP contribution in [-0.4, -0.2) is 31.5 Å². The summed E-state index contributed by atoms with van der Waals surface area (Å²) in [6, 6.07) is 7.89. The summed E-state index contributed by atoms with van der Waals surface area (Å²) >= 11 is 0. The normalized spacial score (nSPS) is 19.4. The highest BCUT2D eigenvalue weighted by molar-refractivity contribution is 5.84. The second kappa shape index (κ2) is 6.24. The van der Waals surface area contributed by atoms with Crippen molar-refractivity contribution >= 4 is 11.8 Å². The molecule has 1 atom stereocenters. The molecule has 0 unspecified atom stereocenters. The molecule has 1 saturated heterocycles. The Morgan fingerprint density at radius 1 is 1.45 bits per heavy atom. The molecule has 1 aromatic rings. The number of hydrogen-bond donors (Lipinski definition) is 2. The van der Waals surface area contributed by atoms with Crippen molar-refractivity contribution in [1.82, 2.24) is 5.32 Å². The molecular formula is C15H22N2O3. The summed E-state index contributed by atoms with van der Waals surface area (Å²) in [4.78, 5) is 11.7. The first-order valence-corrected chi connectivity index (χ1v) is 6.85. The fraction of sp³-hybridized carbons (Fsp3) is 0.533. The molecule has 20 heavy (non-hydrogen) atoms. The standard InChI is InChI=1S/C15H22N2O3/c1-15(2,3)20-14(18)17-12-6-4-5-11(9-12)13-10-19-8-7-16-13/h4-6,9,13,16H,7-8,10H2,1-3H3,(H,17,18)/t13-/m1/s1. The molecule has 1 amide bonds. The van der Waals surface area contributed by atoms with Crippen LogP contribution >= 0.6 is 0 Å². The van der Waals surface area contributed by atoms with Crippen LogP contribution in [0.2, 0.25) is 0 Å². The molecule has 0 spiro atoms. The Balaban J connectivity index is 2.00. The first kappa shape index (κ1) is 14.8. The molecule has 1 heterocycles. The van der Waals surface area contributed by atoms with Crippen molar-refractivity contribution in [2.45, 2.75) is 32.4 Å². The lowest BCUT2D eigenvalue weighted by Gasteiger charge is -2.24. The minimum absolute atomic E-state index is 0.170. The maximum absolute atomic E-state index is 11.7. The predicted molar refractivity (Wildman–Crippen MR) is 77.9 cm³/mol. The molecule has 0 radical (unpaired) electrons. The van der Waals surface area contributed by atoms with Crippen molar-refractivity contribution in [2.24, 2.45) is 0 Å². The van der Waals surface area contributed by atoms with Crippen LogP contribution in [-0.2, 0) is 9.47 Å². The van der Waals surface area contributed by atoms with Crippen molar-refractivity contribution in [3.63, 3.8) is 0 Å². The molecule has 5 nitrogen and oxygen atoms in total. The highest BCUT2D eigenvalue weighted by atomic mass is 16.6. The monoisotopic (exact) mass is 278 g/mol. The smallest absolute Gasteiger partial charge is 0.412 e. The summed E-state index contributed by atoms with van der Waals surface area (Å²) < 4.78 is 10.7. The van der Waals surface area contributed by atoms with E-state index in [9.17, 15) is 4.79 Å². The zero-order valence-corrected chi connectivity index (χ0v) is 12.2. The van der Waals surface area contributed by atoms with Gasteiger partial charge in [-0.25, -0.2) is 4.79 Å². The molecule has 110 valence electrons. The molecule has 0 bridgehead atoms. The molecule has 1 fully saturated rings. The van der Waals surface area contributed by atoms with E-state index < -0.39 is 11.7 Å². The largest absolute Gasteiger partial charge is 0.444 e. The number of carbonyl (C=O) groups excluding carboxylic acids is 1. The Kier molecular flexibility index (Phi) is 4.62. The first-order valence-electron chi connectivity index (χ1n) is 6.85. The van der Waals surface area contributed by atoms with Crippen LogP contribution in [0.3, 0.4) is 0 Å². The maximum Gasteiger partial charge on any atom is 0.412 e. The second-order valence-corrected chi connectivity index (χ2v) is 5.83. The number of benzene rings is 1. The van der Waals surface area contributed by atoms with Crippen LogP contribution in [0.15, 0.2) is 24.3 Å². The lowest BCUT2D eigenvalue weighted by molar-refractivity contribution is 0.0636. The van der Waals surface area contributed by atoms with E-state index in [1.165, 1.54) is 0 Å². The third-order valence-corrected chi connectivity index (χ3v) is 2.86. The molecule has 1 aliphatic rings.